The zero-order valence-electron chi connectivity index (χ0n) is 20.5. The van der Waals surface area contributed by atoms with Gasteiger partial charge in [0.2, 0.25) is 5.95 Å². The standard InChI is InChI=1S/C26H35BrN4O2Si/c1-34(2,3)13-12-33-17-31-21-9-4-6-18-14-28-25(29-15-26(16-32)10-11-26)30-23(18)22(21)19-7-5-8-20(27)24(19)31/h5,7-8,14,32H,4,6,9-13,15-17H2,1-3H3,(H,28,29,30). The van der Waals surface area contributed by atoms with Crippen LogP contribution in [0.4, 0.5) is 5.95 Å². The molecule has 0 radical (unpaired) electrons. The van der Waals surface area contributed by atoms with Gasteiger partial charge in [-0.05, 0) is 65.7 Å². The first-order valence-corrected chi connectivity index (χ1v) is 16.9. The Morgan fingerprint density at radius 1 is 1.24 bits per heavy atom. The molecule has 1 saturated carbocycles. The monoisotopic (exact) mass is 542 g/mol. The zero-order chi connectivity index (χ0) is 23.9. The van der Waals surface area contributed by atoms with Gasteiger partial charge in [-0.25, -0.2) is 9.97 Å². The Labute approximate surface area is 211 Å². The summed E-state index contributed by atoms with van der Waals surface area (Å²) in [5.74, 6) is 0.647. The van der Waals surface area contributed by atoms with Crippen LogP contribution in [0.5, 0.6) is 0 Å². The summed E-state index contributed by atoms with van der Waals surface area (Å²) >= 11 is 3.81. The number of aliphatic hydroxyl groups is 1. The fraction of sp³-hybridized carbons (Fsp3) is 0.538. The summed E-state index contributed by atoms with van der Waals surface area (Å²) in [4.78, 5) is 9.65. The molecule has 2 N–H and O–H groups in total. The molecule has 3 aromatic rings. The molecule has 0 spiro atoms. The van der Waals surface area contributed by atoms with E-state index in [0.717, 1.165) is 54.9 Å². The van der Waals surface area contributed by atoms with Crippen molar-refractivity contribution < 1.29 is 9.84 Å². The molecule has 34 heavy (non-hydrogen) atoms. The smallest absolute Gasteiger partial charge is 0.223 e. The van der Waals surface area contributed by atoms with Gasteiger partial charge >= 0.3 is 0 Å². The lowest BCUT2D eigenvalue weighted by Gasteiger charge is -2.17. The van der Waals surface area contributed by atoms with Crippen molar-refractivity contribution in [1.82, 2.24) is 14.5 Å². The minimum absolute atomic E-state index is 0.00938. The first kappa shape index (κ1) is 24.0. The molecule has 8 heteroatoms. The third-order valence-electron chi connectivity index (χ3n) is 7.23. The van der Waals surface area contributed by atoms with E-state index >= 15 is 0 Å². The van der Waals surface area contributed by atoms with Crippen molar-refractivity contribution >= 4 is 40.9 Å². The van der Waals surface area contributed by atoms with E-state index in [4.69, 9.17) is 9.72 Å². The Balaban J connectivity index is 1.52. The molecule has 2 aliphatic rings. The fourth-order valence-corrected chi connectivity index (χ4v) is 6.13. The number of rotatable bonds is 9. The Hall–Kier alpha value is -1.74. The Bertz CT molecular complexity index is 1200. The van der Waals surface area contributed by atoms with Crippen molar-refractivity contribution in [3.05, 3.63) is 40.1 Å². The summed E-state index contributed by atoms with van der Waals surface area (Å²) < 4.78 is 9.68. The lowest BCUT2D eigenvalue weighted by atomic mass is 10.0. The summed E-state index contributed by atoms with van der Waals surface area (Å²) in [5, 5.41) is 14.3. The highest BCUT2D eigenvalue weighted by atomic mass is 79.9. The van der Waals surface area contributed by atoms with Crippen LogP contribution >= 0.6 is 15.9 Å². The molecule has 0 unspecified atom stereocenters. The zero-order valence-corrected chi connectivity index (χ0v) is 23.0. The van der Waals surface area contributed by atoms with Crippen molar-refractivity contribution in [2.75, 3.05) is 25.1 Å². The van der Waals surface area contributed by atoms with Crippen molar-refractivity contribution in [3.63, 3.8) is 0 Å². The number of aryl methyl sites for hydroxylation is 1. The van der Waals surface area contributed by atoms with Gasteiger partial charge in [0.15, 0.2) is 0 Å². The predicted molar refractivity (Wildman–Crippen MR) is 144 cm³/mol. The lowest BCUT2D eigenvalue weighted by Crippen LogP contribution is -2.22. The SMILES string of the molecule is C[Si](C)(C)CCOCn1c2c(c3cccc(Br)c31)-c1nc(NCC3(CO)CC3)ncc1CCC2. The maximum Gasteiger partial charge on any atom is 0.223 e. The molecule has 2 aromatic heterocycles. The van der Waals surface area contributed by atoms with Crippen molar-refractivity contribution in [1.29, 1.82) is 0 Å². The number of anilines is 1. The summed E-state index contributed by atoms with van der Waals surface area (Å²) in [7, 11) is -1.14. The van der Waals surface area contributed by atoms with Crippen LogP contribution in [0.25, 0.3) is 22.2 Å². The Kier molecular flexibility index (Phi) is 6.61. The molecule has 6 nitrogen and oxygen atoms in total. The molecular weight excluding hydrogens is 508 g/mol. The third kappa shape index (κ3) is 4.83. The number of para-hydroxylation sites is 1. The molecule has 0 amide bonds. The van der Waals surface area contributed by atoms with Gasteiger partial charge < -0.3 is 19.7 Å². The first-order valence-electron chi connectivity index (χ1n) is 12.4. The number of nitrogens with one attached hydrogen (secondary N) is 1. The quantitative estimate of drug-likeness (QED) is 0.262. The second-order valence-corrected chi connectivity index (χ2v) is 17.6. The van der Waals surface area contributed by atoms with E-state index < -0.39 is 8.07 Å². The number of benzene rings is 1. The highest BCUT2D eigenvalue weighted by molar-refractivity contribution is 9.10. The van der Waals surface area contributed by atoms with Crippen molar-refractivity contribution in [2.24, 2.45) is 5.41 Å². The highest BCUT2D eigenvalue weighted by Crippen LogP contribution is 2.45. The molecule has 5 rings (SSSR count). The molecular formula is C26H35BrN4O2Si. The van der Waals surface area contributed by atoms with Crippen molar-refractivity contribution in [2.45, 2.75) is 64.5 Å². The minimum atomic E-state index is -1.14. The molecule has 0 aliphatic heterocycles. The number of hydrogen-bond acceptors (Lipinski definition) is 5. The predicted octanol–water partition coefficient (Wildman–Crippen LogP) is 5.85. The third-order valence-corrected chi connectivity index (χ3v) is 9.58. The minimum Gasteiger partial charge on any atom is -0.396 e. The Morgan fingerprint density at radius 3 is 2.79 bits per heavy atom. The average Bonchev–Trinajstić information content (AvgIpc) is 3.55. The fourth-order valence-electron chi connectivity index (χ4n) is 4.79. The number of fused-ring (bicyclic) bond motifs is 5. The number of aromatic nitrogens is 3. The second-order valence-electron chi connectivity index (χ2n) is 11.2. The molecule has 1 aromatic carbocycles. The summed E-state index contributed by atoms with van der Waals surface area (Å²) in [6.07, 6.45) is 7.13. The topological polar surface area (TPSA) is 72.2 Å². The van der Waals surface area contributed by atoms with Gasteiger partial charge in [0, 0.05) is 54.0 Å². The maximum absolute atomic E-state index is 9.68. The van der Waals surface area contributed by atoms with Crippen LogP contribution in [0, 0.1) is 5.41 Å². The van der Waals surface area contributed by atoms with Gasteiger partial charge in [-0.15, -0.1) is 0 Å². The van der Waals surface area contributed by atoms with E-state index in [0.29, 0.717) is 19.2 Å². The summed E-state index contributed by atoms with van der Waals surface area (Å²) in [6, 6.07) is 7.58. The first-order chi connectivity index (χ1) is 16.3. The van der Waals surface area contributed by atoms with Crippen LogP contribution in [0.1, 0.15) is 30.5 Å². The van der Waals surface area contributed by atoms with E-state index in [1.54, 1.807) is 0 Å². The molecule has 2 aliphatic carbocycles. The van der Waals surface area contributed by atoms with Gasteiger partial charge in [0.25, 0.3) is 0 Å². The Morgan fingerprint density at radius 2 is 2.06 bits per heavy atom. The van der Waals surface area contributed by atoms with Crippen LogP contribution < -0.4 is 5.32 Å². The molecule has 0 bridgehead atoms. The summed E-state index contributed by atoms with van der Waals surface area (Å²) in [6.45, 7) is 9.45. The van der Waals surface area contributed by atoms with E-state index in [2.05, 4.69) is 68.6 Å². The number of ether oxygens (including phenoxy) is 1. The van der Waals surface area contributed by atoms with Gasteiger partial charge in [-0.2, -0.15) is 0 Å². The van der Waals surface area contributed by atoms with Crippen LogP contribution in [-0.2, 0) is 24.3 Å². The van der Waals surface area contributed by atoms with Crippen LogP contribution in [0.15, 0.2) is 28.9 Å². The maximum atomic E-state index is 9.68. The summed E-state index contributed by atoms with van der Waals surface area (Å²) in [5.41, 5.74) is 5.93. The molecule has 1 fully saturated rings. The molecule has 2 heterocycles. The normalized spacial score (nSPS) is 16.7. The van der Waals surface area contributed by atoms with E-state index in [-0.39, 0.29) is 12.0 Å². The van der Waals surface area contributed by atoms with Gasteiger partial charge in [-0.1, -0.05) is 31.8 Å². The lowest BCUT2D eigenvalue weighted by molar-refractivity contribution is 0.0884. The molecule has 182 valence electrons. The van der Waals surface area contributed by atoms with Gasteiger partial charge in [0.1, 0.15) is 6.73 Å². The number of aliphatic hydroxyl groups excluding tert-OH is 1. The van der Waals surface area contributed by atoms with Crippen molar-refractivity contribution in [3.8, 4) is 11.3 Å². The highest BCUT2D eigenvalue weighted by Gasteiger charge is 2.42. The molecule has 0 atom stereocenters. The molecule has 0 saturated heterocycles. The van der Waals surface area contributed by atoms with E-state index in [1.807, 2.05) is 6.20 Å². The largest absolute Gasteiger partial charge is 0.396 e. The number of halogens is 1. The van der Waals surface area contributed by atoms with E-state index in [1.165, 1.54) is 27.7 Å². The van der Waals surface area contributed by atoms with Crippen LogP contribution in [-0.4, -0.2) is 47.5 Å². The van der Waals surface area contributed by atoms with Crippen LogP contribution in [0.2, 0.25) is 25.7 Å². The van der Waals surface area contributed by atoms with Crippen LogP contribution in [0.3, 0.4) is 0 Å². The van der Waals surface area contributed by atoms with Gasteiger partial charge in [0.05, 0.1) is 17.8 Å². The number of nitrogens with zero attached hydrogens (tertiary/aromatic N) is 3. The van der Waals surface area contributed by atoms with E-state index in [9.17, 15) is 5.11 Å². The number of hydrogen-bond donors (Lipinski definition) is 2. The van der Waals surface area contributed by atoms with Gasteiger partial charge in [-0.3, -0.25) is 0 Å². The average molecular weight is 544 g/mol. The second kappa shape index (κ2) is 9.37.